The molecule has 3 aliphatic rings. The Kier molecular flexibility index (Phi) is 4.88. The molecule has 7 heteroatoms. The maximum atomic E-state index is 9.84. The molecule has 4 N–H and O–H groups in total. The van der Waals surface area contributed by atoms with E-state index in [1.165, 1.54) is 12.8 Å². The summed E-state index contributed by atoms with van der Waals surface area (Å²) < 4.78 is 0. The van der Waals surface area contributed by atoms with Crippen molar-refractivity contribution in [3.63, 3.8) is 0 Å². The van der Waals surface area contributed by atoms with Crippen molar-refractivity contribution in [2.45, 2.75) is 57.5 Å². The number of hydrogen-bond acceptors (Lipinski definition) is 7. The van der Waals surface area contributed by atoms with Crippen LogP contribution in [0.25, 0.3) is 0 Å². The molecule has 1 saturated carbocycles. The Hall–Kier alpha value is -2.75. The minimum absolute atomic E-state index is 0.245. The largest absolute Gasteiger partial charge is 0.370 e. The monoisotopic (exact) mass is 379 g/mol. The molecule has 2 heterocycles. The van der Waals surface area contributed by atoms with Crippen LogP contribution < -0.4 is 21.3 Å². The second-order valence-electron chi connectivity index (χ2n) is 8.33. The van der Waals surface area contributed by atoms with Crippen LogP contribution in [0.2, 0.25) is 0 Å². The van der Waals surface area contributed by atoms with Gasteiger partial charge in [-0.25, -0.2) is 4.99 Å². The second kappa shape index (κ2) is 7.34. The molecule has 1 atom stereocenters. The molecule has 1 aliphatic carbocycles. The van der Waals surface area contributed by atoms with E-state index in [9.17, 15) is 5.26 Å². The minimum atomic E-state index is -0.484. The van der Waals surface area contributed by atoms with Crippen LogP contribution in [0.4, 0.5) is 11.4 Å². The van der Waals surface area contributed by atoms with Crippen molar-refractivity contribution in [3.05, 3.63) is 23.8 Å². The molecule has 1 unspecified atom stereocenters. The Morgan fingerprint density at radius 1 is 1.18 bits per heavy atom. The topological polar surface area (TPSA) is 107 Å². The number of aliphatic imine (C=N–C) groups is 2. The third-order valence-corrected chi connectivity index (χ3v) is 6.21. The maximum Gasteiger partial charge on any atom is 0.220 e. The van der Waals surface area contributed by atoms with E-state index in [0.717, 1.165) is 56.6 Å². The van der Waals surface area contributed by atoms with Crippen molar-refractivity contribution in [1.82, 2.24) is 0 Å². The molecule has 2 aliphatic heterocycles. The fourth-order valence-electron chi connectivity index (χ4n) is 4.93. The lowest BCUT2D eigenvalue weighted by molar-refractivity contribution is 0.305. The van der Waals surface area contributed by atoms with Gasteiger partial charge in [0.2, 0.25) is 11.9 Å². The Labute approximate surface area is 166 Å². The van der Waals surface area contributed by atoms with Crippen molar-refractivity contribution >= 4 is 23.3 Å². The van der Waals surface area contributed by atoms with Gasteiger partial charge in [0, 0.05) is 18.8 Å². The average Bonchev–Trinajstić information content (AvgIpc) is 2.67. The number of benzene rings is 1. The van der Waals surface area contributed by atoms with Gasteiger partial charge in [-0.05, 0) is 62.6 Å². The maximum absolute atomic E-state index is 9.84. The molecule has 28 heavy (non-hydrogen) atoms. The molecule has 1 aromatic carbocycles. The smallest absolute Gasteiger partial charge is 0.220 e. The van der Waals surface area contributed by atoms with Crippen LogP contribution in [0.3, 0.4) is 0 Å². The summed E-state index contributed by atoms with van der Waals surface area (Å²) in [5.41, 5.74) is 14.3. The summed E-state index contributed by atoms with van der Waals surface area (Å²) in [7, 11) is 0. The summed E-state index contributed by atoms with van der Waals surface area (Å²) in [6.45, 7) is 4.26. The van der Waals surface area contributed by atoms with Gasteiger partial charge in [-0.1, -0.05) is 13.3 Å². The van der Waals surface area contributed by atoms with Crippen LogP contribution in [0.5, 0.6) is 0 Å². The molecule has 7 nitrogen and oxygen atoms in total. The summed E-state index contributed by atoms with van der Waals surface area (Å²) >= 11 is 0. The van der Waals surface area contributed by atoms with Gasteiger partial charge in [-0.3, -0.25) is 4.90 Å². The second-order valence-corrected chi connectivity index (χ2v) is 8.33. The molecule has 0 bridgehead atoms. The van der Waals surface area contributed by atoms with Crippen LogP contribution in [-0.2, 0) is 0 Å². The third kappa shape index (κ3) is 3.28. The van der Waals surface area contributed by atoms with Crippen molar-refractivity contribution in [1.29, 1.82) is 5.26 Å². The van der Waals surface area contributed by atoms with E-state index >= 15 is 0 Å². The highest BCUT2D eigenvalue weighted by Gasteiger charge is 2.42. The predicted molar refractivity (Wildman–Crippen MR) is 113 cm³/mol. The van der Waals surface area contributed by atoms with Gasteiger partial charge in [0.15, 0.2) is 0 Å². The highest BCUT2D eigenvalue weighted by atomic mass is 15.4. The lowest BCUT2D eigenvalue weighted by Gasteiger charge is -2.45. The Bertz CT molecular complexity index is 845. The van der Waals surface area contributed by atoms with E-state index in [1.54, 1.807) is 0 Å². The molecular formula is C21H29N7. The van der Waals surface area contributed by atoms with E-state index in [4.69, 9.17) is 16.5 Å². The summed E-state index contributed by atoms with van der Waals surface area (Å²) in [5, 5.41) is 9.84. The first kappa shape index (κ1) is 18.6. The number of piperidine rings is 1. The van der Waals surface area contributed by atoms with Gasteiger partial charge >= 0.3 is 0 Å². The predicted octanol–water partition coefficient (Wildman–Crippen LogP) is 2.90. The quantitative estimate of drug-likeness (QED) is 0.821. The molecule has 0 aromatic heterocycles. The highest BCUT2D eigenvalue weighted by Crippen LogP contribution is 2.40. The molecule has 1 spiro atoms. The lowest BCUT2D eigenvalue weighted by atomic mass is 9.87. The standard InChI is InChI=1S/C21H29N7/c1-15-6-5-11-27(14-15)18-8-7-17(12-16(18)13-22)28-20(24)25-19(23)26-21(28)9-3-2-4-10-21/h7-8,12,15H,2-6,9-11,14H2,1H3,(H4,23,24,25,26). The van der Waals surface area contributed by atoms with E-state index in [1.807, 2.05) is 17.0 Å². The van der Waals surface area contributed by atoms with Crippen molar-refractivity contribution in [2.75, 3.05) is 22.9 Å². The van der Waals surface area contributed by atoms with E-state index in [-0.39, 0.29) is 5.96 Å². The van der Waals surface area contributed by atoms with Crippen LogP contribution >= 0.6 is 0 Å². The van der Waals surface area contributed by atoms with Crippen molar-refractivity contribution in [2.24, 2.45) is 27.4 Å². The van der Waals surface area contributed by atoms with Crippen LogP contribution in [-0.4, -0.2) is 30.7 Å². The normalized spacial score (nSPS) is 24.5. The summed E-state index contributed by atoms with van der Waals surface area (Å²) in [5.74, 6) is 1.25. The molecule has 1 aromatic rings. The first-order chi connectivity index (χ1) is 13.5. The SMILES string of the molecule is CC1CCCN(c2ccc(N3C(N)=NC(N)=NC34CCCCC4)cc2C#N)C1. The first-order valence-corrected chi connectivity index (χ1v) is 10.3. The summed E-state index contributed by atoms with van der Waals surface area (Å²) in [6.07, 6.45) is 7.53. The molecule has 0 amide bonds. The lowest BCUT2D eigenvalue weighted by Crippen LogP contribution is -2.58. The highest BCUT2D eigenvalue weighted by molar-refractivity contribution is 6.05. The van der Waals surface area contributed by atoms with E-state index in [2.05, 4.69) is 29.0 Å². The van der Waals surface area contributed by atoms with Crippen molar-refractivity contribution < 1.29 is 0 Å². The fourth-order valence-corrected chi connectivity index (χ4v) is 4.93. The van der Waals surface area contributed by atoms with Gasteiger partial charge in [0.25, 0.3) is 0 Å². The Morgan fingerprint density at radius 2 is 1.96 bits per heavy atom. The first-order valence-electron chi connectivity index (χ1n) is 10.3. The number of guanidine groups is 2. The van der Waals surface area contributed by atoms with Gasteiger partial charge in [-0.15, -0.1) is 0 Å². The van der Waals surface area contributed by atoms with Gasteiger partial charge in [-0.2, -0.15) is 10.3 Å². The number of nitrogens with zero attached hydrogens (tertiary/aromatic N) is 5. The number of rotatable bonds is 2. The molecule has 4 rings (SSSR count). The number of anilines is 2. The molecule has 148 valence electrons. The molecular weight excluding hydrogens is 350 g/mol. The molecule has 0 radical (unpaired) electrons. The zero-order valence-electron chi connectivity index (χ0n) is 16.6. The van der Waals surface area contributed by atoms with Crippen molar-refractivity contribution in [3.8, 4) is 6.07 Å². The fraction of sp³-hybridized carbons (Fsp3) is 0.571. The number of nitrogens with two attached hydrogens (primary N) is 2. The Balaban J connectivity index is 1.72. The van der Waals surface area contributed by atoms with E-state index in [0.29, 0.717) is 17.4 Å². The van der Waals surface area contributed by atoms with Crippen LogP contribution in [0, 0.1) is 17.2 Å². The van der Waals surface area contributed by atoms with E-state index < -0.39 is 5.66 Å². The summed E-state index contributed by atoms with van der Waals surface area (Å²) in [6, 6.07) is 8.43. The third-order valence-electron chi connectivity index (χ3n) is 6.21. The van der Waals surface area contributed by atoms with Gasteiger partial charge in [0.1, 0.15) is 11.7 Å². The van der Waals surface area contributed by atoms with Crippen LogP contribution in [0.15, 0.2) is 28.2 Å². The number of nitriles is 1. The van der Waals surface area contributed by atoms with Gasteiger partial charge < -0.3 is 16.4 Å². The summed E-state index contributed by atoms with van der Waals surface area (Å²) in [4.78, 5) is 13.3. The minimum Gasteiger partial charge on any atom is -0.370 e. The van der Waals surface area contributed by atoms with Gasteiger partial charge in [0.05, 0.1) is 11.3 Å². The number of hydrogen-bond donors (Lipinski definition) is 2. The molecule has 1 saturated heterocycles. The van der Waals surface area contributed by atoms with Crippen LogP contribution in [0.1, 0.15) is 57.4 Å². The molecule has 2 fully saturated rings. The average molecular weight is 380 g/mol. The Morgan fingerprint density at radius 3 is 2.68 bits per heavy atom. The zero-order chi connectivity index (χ0) is 19.7. The zero-order valence-corrected chi connectivity index (χ0v) is 16.6.